The van der Waals surface area contributed by atoms with Crippen molar-refractivity contribution < 1.29 is 9.15 Å². The summed E-state index contributed by atoms with van der Waals surface area (Å²) in [5.41, 5.74) is 1.98. The van der Waals surface area contributed by atoms with Crippen LogP contribution in [0.1, 0.15) is 11.5 Å². The van der Waals surface area contributed by atoms with Gasteiger partial charge in [0.15, 0.2) is 0 Å². The lowest BCUT2D eigenvalue weighted by molar-refractivity contribution is 0.415. The number of nitrogens with zero attached hydrogens (tertiary/aromatic N) is 3. The fourth-order valence-corrected chi connectivity index (χ4v) is 1.99. The predicted octanol–water partition coefficient (Wildman–Crippen LogP) is 2.43. The topological polar surface area (TPSA) is 73.1 Å². The third-order valence-corrected chi connectivity index (χ3v) is 3.13. The highest BCUT2D eigenvalue weighted by Crippen LogP contribution is 2.21. The summed E-state index contributed by atoms with van der Waals surface area (Å²) in [5.74, 6) is 1.84. The molecule has 0 amide bonds. The number of nitrogens with one attached hydrogen (secondary N) is 1. The first-order chi connectivity index (χ1) is 10.8. The Balaban J connectivity index is 1.58. The molecule has 0 spiro atoms. The maximum atomic E-state index is 5.64. The Hall–Kier alpha value is -2.73. The van der Waals surface area contributed by atoms with Crippen molar-refractivity contribution in [3.63, 3.8) is 0 Å². The van der Waals surface area contributed by atoms with Crippen molar-refractivity contribution in [1.29, 1.82) is 0 Å². The van der Waals surface area contributed by atoms with E-state index in [-0.39, 0.29) is 0 Å². The Morgan fingerprint density at radius 1 is 1.09 bits per heavy atom. The Morgan fingerprint density at radius 2 is 1.95 bits per heavy atom. The number of hydrogen-bond donors (Lipinski definition) is 1. The highest BCUT2D eigenvalue weighted by molar-refractivity contribution is 5.53. The van der Waals surface area contributed by atoms with Gasteiger partial charge in [0.2, 0.25) is 11.8 Å². The van der Waals surface area contributed by atoms with Gasteiger partial charge in [0.1, 0.15) is 5.75 Å². The third kappa shape index (κ3) is 3.48. The van der Waals surface area contributed by atoms with Crippen LogP contribution in [0.3, 0.4) is 0 Å². The average Bonchev–Trinajstić information content (AvgIpc) is 3.05. The highest BCUT2D eigenvalue weighted by Gasteiger charge is 2.08. The molecule has 22 heavy (non-hydrogen) atoms. The van der Waals surface area contributed by atoms with Crippen molar-refractivity contribution >= 4 is 0 Å². The number of hydrogen-bond acceptors (Lipinski definition) is 6. The van der Waals surface area contributed by atoms with Gasteiger partial charge >= 0.3 is 0 Å². The van der Waals surface area contributed by atoms with E-state index in [2.05, 4.69) is 20.5 Å². The lowest BCUT2D eigenvalue weighted by Gasteiger charge is -2.01. The Bertz CT molecular complexity index is 711. The van der Waals surface area contributed by atoms with E-state index in [0.717, 1.165) is 16.9 Å². The van der Waals surface area contributed by atoms with E-state index in [4.69, 9.17) is 9.15 Å². The van der Waals surface area contributed by atoms with Gasteiger partial charge in [-0.05, 0) is 35.9 Å². The van der Waals surface area contributed by atoms with E-state index in [1.54, 1.807) is 13.3 Å². The summed E-state index contributed by atoms with van der Waals surface area (Å²) in [6, 6.07) is 11.4. The van der Waals surface area contributed by atoms with Crippen LogP contribution in [-0.2, 0) is 13.1 Å². The lowest BCUT2D eigenvalue weighted by atomic mass is 10.2. The molecule has 2 heterocycles. The molecule has 0 saturated carbocycles. The molecule has 3 rings (SSSR count). The fourth-order valence-electron chi connectivity index (χ4n) is 1.99. The SMILES string of the molecule is COc1ccc(-c2nnc(CNCc3cccnc3)o2)cc1. The van der Waals surface area contributed by atoms with Crippen LogP contribution in [0, 0.1) is 0 Å². The van der Waals surface area contributed by atoms with Crippen LogP contribution in [0.15, 0.2) is 53.2 Å². The van der Waals surface area contributed by atoms with Crippen LogP contribution < -0.4 is 10.1 Å². The maximum absolute atomic E-state index is 5.64. The molecule has 6 nitrogen and oxygen atoms in total. The summed E-state index contributed by atoms with van der Waals surface area (Å²) in [6.07, 6.45) is 3.58. The van der Waals surface area contributed by atoms with Crippen LogP contribution in [0.2, 0.25) is 0 Å². The molecule has 0 radical (unpaired) electrons. The highest BCUT2D eigenvalue weighted by atomic mass is 16.5. The zero-order valence-electron chi connectivity index (χ0n) is 12.2. The van der Waals surface area contributed by atoms with Crippen LogP contribution in [0.5, 0.6) is 5.75 Å². The molecule has 0 fully saturated rings. The maximum Gasteiger partial charge on any atom is 0.247 e. The lowest BCUT2D eigenvalue weighted by Crippen LogP contribution is -2.12. The van der Waals surface area contributed by atoms with Crippen molar-refractivity contribution in [3.8, 4) is 17.2 Å². The average molecular weight is 296 g/mol. The monoisotopic (exact) mass is 296 g/mol. The summed E-state index contributed by atoms with van der Waals surface area (Å²) >= 11 is 0. The van der Waals surface area contributed by atoms with Crippen molar-refractivity contribution in [2.75, 3.05) is 7.11 Å². The first-order valence-electron chi connectivity index (χ1n) is 6.91. The molecular weight excluding hydrogens is 280 g/mol. The number of ether oxygens (including phenoxy) is 1. The minimum Gasteiger partial charge on any atom is -0.497 e. The first kappa shape index (κ1) is 14.2. The van der Waals surface area contributed by atoms with E-state index >= 15 is 0 Å². The molecule has 0 saturated heterocycles. The summed E-state index contributed by atoms with van der Waals surface area (Å²) in [4.78, 5) is 4.07. The second-order valence-electron chi connectivity index (χ2n) is 4.69. The Kier molecular flexibility index (Phi) is 4.41. The standard InChI is InChI=1S/C16H16N4O2/c1-21-14-6-4-13(5-7-14)16-20-19-15(22-16)11-18-10-12-3-2-8-17-9-12/h2-9,18H,10-11H2,1H3. The van der Waals surface area contributed by atoms with Gasteiger partial charge in [-0.3, -0.25) is 4.98 Å². The zero-order chi connectivity index (χ0) is 15.2. The summed E-state index contributed by atoms with van der Waals surface area (Å²) in [5, 5.41) is 11.3. The van der Waals surface area contributed by atoms with Crippen molar-refractivity contribution in [2.24, 2.45) is 0 Å². The molecule has 0 unspecified atom stereocenters. The van der Waals surface area contributed by atoms with Crippen molar-refractivity contribution in [1.82, 2.24) is 20.5 Å². The second kappa shape index (κ2) is 6.82. The van der Waals surface area contributed by atoms with Gasteiger partial charge < -0.3 is 14.5 Å². The molecule has 1 N–H and O–H groups in total. The minimum atomic E-state index is 0.501. The molecule has 1 aromatic carbocycles. The molecule has 0 aliphatic carbocycles. The molecule has 112 valence electrons. The van der Waals surface area contributed by atoms with Crippen LogP contribution in [0.25, 0.3) is 11.5 Å². The molecule has 0 aliphatic rings. The number of methoxy groups -OCH3 is 1. The van der Waals surface area contributed by atoms with E-state index in [0.29, 0.717) is 24.9 Å². The Labute approximate surface area is 128 Å². The van der Waals surface area contributed by atoms with Gasteiger partial charge in [-0.1, -0.05) is 6.07 Å². The van der Waals surface area contributed by atoms with Gasteiger partial charge in [-0.2, -0.15) is 0 Å². The van der Waals surface area contributed by atoms with E-state index in [1.807, 2.05) is 42.6 Å². The summed E-state index contributed by atoms with van der Waals surface area (Å²) in [6.45, 7) is 1.21. The van der Waals surface area contributed by atoms with Gasteiger partial charge in [0.05, 0.1) is 13.7 Å². The van der Waals surface area contributed by atoms with Gasteiger partial charge in [0.25, 0.3) is 0 Å². The van der Waals surface area contributed by atoms with Crippen LogP contribution in [0.4, 0.5) is 0 Å². The molecular formula is C16H16N4O2. The van der Waals surface area contributed by atoms with Gasteiger partial charge in [-0.25, -0.2) is 0 Å². The smallest absolute Gasteiger partial charge is 0.247 e. The zero-order valence-corrected chi connectivity index (χ0v) is 12.2. The van der Waals surface area contributed by atoms with Crippen LogP contribution in [-0.4, -0.2) is 22.3 Å². The molecule has 0 atom stereocenters. The van der Waals surface area contributed by atoms with Crippen molar-refractivity contribution in [3.05, 3.63) is 60.2 Å². The van der Waals surface area contributed by atoms with E-state index in [9.17, 15) is 0 Å². The summed E-state index contributed by atoms with van der Waals surface area (Å²) in [7, 11) is 1.63. The summed E-state index contributed by atoms with van der Waals surface area (Å²) < 4.78 is 10.8. The number of aromatic nitrogens is 3. The Morgan fingerprint density at radius 3 is 2.68 bits per heavy atom. The van der Waals surface area contributed by atoms with Crippen molar-refractivity contribution in [2.45, 2.75) is 13.1 Å². The largest absolute Gasteiger partial charge is 0.497 e. The third-order valence-electron chi connectivity index (χ3n) is 3.13. The fraction of sp³-hybridized carbons (Fsp3) is 0.188. The predicted molar refractivity (Wildman–Crippen MR) is 81.1 cm³/mol. The molecule has 0 bridgehead atoms. The second-order valence-corrected chi connectivity index (χ2v) is 4.69. The minimum absolute atomic E-state index is 0.501. The van der Waals surface area contributed by atoms with Gasteiger partial charge in [-0.15, -0.1) is 10.2 Å². The molecule has 3 aromatic rings. The number of pyridine rings is 1. The van der Waals surface area contributed by atoms with Gasteiger partial charge in [0, 0.05) is 24.5 Å². The first-order valence-corrected chi connectivity index (χ1v) is 6.91. The molecule has 0 aliphatic heterocycles. The quantitative estimate of drug-likeness (QED) is 0.753. The van der Waals surface area contributed by atoms with E-state index < -0.39 is 0 Å². The number of benzene rings is 1. The normalized spacial score (nSPS) is 10.6. The molecule has 2 aromatic heterocycles. The number of rotatable bonds is 6. The van der Waals surface area contributed by atoms with E-state index in [1.165, 1.54) is 0 Å². The van der Waals surface area contributed by atoms with Crippen LogP contribution >= 0.6 is 0 Å². The molecule has 6 heteroatoms.